The predicted molar refractivity (Wildman–Crippen MR) is 121 cm³/mol. The minimum atomic E-state index is 0. The van der Waals surface area contributed by atoms with Crippen LogP contribution in [0.25, 0.3) is 0 Å². The first-order valence-electron chi connectivity index (χ1n) is 9.41. The Morgan fingerprint density at radius 2 is 2.19 bits per heavy atom. The van der Waals surface area contributed by atoms with E-state index in [1.807, 2.05) is 24.3 Å². The van der Waals surface area contributed by atoms with Gasteiger partial charge in [-0.2, -0.15) is 0 Å². The molecule has 3 rings (SSSR count). The summed E-state index contributed by atoms with van der Waals surface area (Å²) < 4.78 is 18.5. The second kappa shape index (κ2) is 12.1. The van der Waals surface area contributed by atoms with Gasteiger partial charge in [-0.15, -0.1) is 24.0 Å². The number of ether oxygens (including phenoxy) is 3. The number of benzene rings is 1. The van der Waals surface area contributed by atoms with E-state index in [-0.39, 0.29) is 36.2 Å². The first kappa shape index (κ1) is 22.7. The van der Waals surface area contributed by atoms with Crippen LogP contribution in [-0.4, -0.2) is 69.1 Å². The summed E-state index contributed by atoms with van der Waals surface area (Å²) in [6, 6.07) is 7.86. The van der Waals surface area contributed by atoms with Crippen LogP contribution in [0.2, 0.25) is 0 Å². The van der Waals surface area contributed by atoms with E-state index >= 15 is 0 Å². The standard InChI is InChI=1S/C19H28BrN3O3.HI/c1-2-21-19(22-8-11-24-16-6-3-5-15(20)13-16)23-9-12-26-18(14-23)17-7-4-10-25-17;/h3,5-6,13,17-18H,2,4,7-12,14H2,1H3,(H,21,22);1H. The van der Waals surface area contributed by atoms with Crippen molar-refractivity contribution in [3.8, 4) is 5.75 Å². The van der Waals surface area contributed by atoms with Crippen LogP contribution in [0.3, 0.4) is 0 Å². The van der Waals surface area contributed by atoms with Crippen molar-refractivity contribution >= 4 is 45.9 Å². The Hall–Kier alpha value is -0.580. The lowest BCUT2D eigenvalue weighted by Crippen LogP contribution is -2.53. The monoisotopic (exact) mass is 553 g/mol. The van der Waals surface area contributed by atoms with Crippen molar-refractivity contribution in [3.63, 3.8) is 0 Å². The van der Waals surface area contributed by atoms with E-state index in [1.165, 1.54) is 0 Å². The summed E-state index contributed by atoms with van der Waals surface area (Å²) in [4.78, 5) is 7.01. The van der Waals surface area contributed by atoms with Gasteiger partial charge in [0.05, 0.1) is 19.3 Å². The Bertz CT molecular complexity index is 599. The predicted octanol–water partition coefficient (Wildman–Crippen LogP) is 3.29. The molecule has 0 spiro atoms. The summed E-state index contributed by atoms with van der Waals surface area (Å²) in [5, 5.41) is 3.39. The van der Waals surface area contributed by atoms with Gasteiger partial charge in [0.25, 0.3) is 0 Å². The zero-order chi connectivity index (χ0) is 18.2. The van der Waals surface area contributed by atoms with Gasteiger partial charge in [0.2, 0.25) is 0 Å². The number of aliphatic imine (C=N–C) groups is 1. The first-order chi connectivity index (χ1) is 12.8. The number of guanidine groups is 1. The second-order valence-corrected chi connectivity index (χ2v) is 7.36. The van der Waals surface area contributed by atoms with Gasteiger partial charge >= 0.3 is 0 Å². The van der Waals surface area contributed by atoms with E-state index in [2.05, 4.69) is 33.1 Å². The molecular formula is C19H29BrIN3O3. The largest absolute Gasteiger partial charge is 0.492 e. The summed E-state index contributed by atoms with van der Waals surface area (Å²) in [7, 11) is 0. The maximum absolute atomic E-state index is 5.94. The summed E-state index contributed by atoms with van der Waals surface area (Å²) in [6.07, 6.45) is 2.58. The van der Waals surface area contributed by atoms with Crippen molar-refractivity contribution in [1.82, 2.24) is 10.2 Å². The van der Waals surface area contributed by atoms with Crippen molar-refractivity contribution in [2.45, 2.75) is 32.0 Å². The fourth-order valence-corrected chi connectivity index (χ4v) is 3.66. The molecule has 0 aliphatic carbocycles. The lowest BCUT2D eigenvalue weighted by molar-refractivity contribution is -0.0817. The second-order valence-electron chi connectivity index (χ2n) is 6.45. The Morgan fingerprint density at radius 3 is 2.93 bits per heavy atom. The van der Waals surface area contributed by atoms with Gasteiger partial charge in [0.15, 0.2) is 5.96 Å². The minimum absolute atomic E-state index is 0. The molecule has 0 radical (unpaired) electrons. The van der Waals surface area contributed by atoms with E-state index in [1.54, 1.807) is 0 Å². The molecule has 8 heteroatoms. The lowest BCUT2D eigenvalue weighted by atomic mass is 10.1. The molecule has 0 amide bonds. The molecule has 1 aromatic rings. The van der Waals surface area contributed by atoms with E-state index in [4.69, 9.17) is 19.2 Å². The number of rotatable bonds is 6. The third-order valence-electron chi connectivity index (χ3n) is 4.53. The van der Waals surface area contributed by atoms with E-state index in [9.17, 15) is 0 Å². The molecule has 0 aromatic heterocycles. The third-order valence-corrected chi connectivity index (χ3v) is 5.02. The topological polar surface area (TPSA) is 55.3 Å². The molecule has 6 nitrogen and oxygen atoms in total. The molecule has 2 saturated heterocycles. The Kier molecular flexibility index (Phi) is 10.2. The SMILES string of the molecule is CCNC(=NCCOc1cccc(Br)c1)N1CCOC(C2CCCO2)C1.I. The van der Waals surface area contributed by atoms with Crippen molar-refractivity contribution in [2.24, 2.45) is 4.99 Å². The first-order valence-corrected chi connectivity index (χ1v) is 10.2. The van der Waals surface area contributed by atoms with E-state index in [0.717, 1.165) is 55.3 Å². The van der Waals surface area contributed by atoms with Crippen LogP contribution in [0.1, 0.15) is 19.8 Å². The summed E-state index contributed by atoms with van der Waals surface area (Å²) in [6.45, 7) is 7.32. The Morgan fingerprint density at radius 1 is 1.33 bits per heavy atom. The molecule has 1 N–H and O–H groups in total. The fourth-order valence-electron chi connectivity index (χ4n) is 3.29. The van der Waals surface area contributed by atoms with Gasteiger partial charge in [-0.05, 0) is 38.0 Å². The van der Waals surface area contributed by atoms with Gasteiger partial charge in [-0.25, -0.2) is 4.99 Å². The van der Waals surface area contributed by atoms with Crippen LogP contribution in [0.4, 0.5) is 0 Å². The minimum Gasteiger partial charge on any atom is -0.492 e. The molecule has 2 heterocycles. The molecule has 0 bridgehead atoms. The summed E-state index contributed by atoms with van der Waals surface area (Å²) in [5.41, 5.74) is 0. The Balaban J connectivity index is 0.00000261. The number of morpholine rings is 1. The molecule has 1 aromatic carbocycles. The highest BCUT2D eigenvalue weighted by atomic mass is 127. The number of nitrogens with zero attached hydrogens (tertiary/aromatic N) is 2. The van der Waals surface area contributed by atoms with Gasteiger partial charge in [0, 0.05) is 30.7 Å². The molecule has 2 atom stereocenters. The lowest BCUT2D eigenvalue weighted by Gasteiger charge is -2.37. The number of nitrogens with one attached hydrogen (secondary N) is 1. The van der Waals surface area contributed by atoms with Crippen LogP contribution < -0.4 is 10.1 Å². The maximum atomic E-state index is 5.94. The zero-order valence-electron chi connectivity index (χ0n) is 15.7. The number of hydrogen-bond donors (Lipinski definition) is 1. The highest BCUT2D eigenvalue weighted by Gasteiger charge is 2.32. The van der Waals surface area contributed by atoms with Crippen LogP contribution in [-0.2, 0) is 9.47 Å². The van der Waals surface area contributed by atoms with Crippen LogP contribution >= 0.6 is 39.9 Å². The highest BCUT2D eigenvalue weighted by molar-refractivity contribution is 14.0. The Labute approximate surface area is 187 Å². The highest BCUT2D eigenvalue weighted by Crippen LogP contribution is 2.21. The van der Waals surface area contributed by atoms with E-state index in [0.29, 0.717) is 19.8 Å². The molecule has 0 saturated carbocycles. The fraction of sp³-hybridized carbons (Fsp3) is 0.632. The summed E-state index contributed by atoms with van der Waals surface area (Å²) in [5.74, 6) is 1.78. The van der Waals surface area contributed by atoms with Crippen molar-refractivity contribution in [2.75, 3.05) is 46.0 Å². The van der Waals surface area contributed by atoms with Gasteiger partial charge in [-0.1, -0.05) is 22.0 Å². The normalized spacial score (nSPS) is 23.0. The molecule has 152 valence electrons. The molecule has 27 heavy (non-hydrogen) atoms. The third kappa shape index (κ3) is 7.07. The van der Waals surface area contributed by atoms with Crippen LogP contribution in [0.15, 0.2) is 33.7 Å². The van der Waals surface area contributed by atoms with Gasteiger partial charge in [-0.3, -0.25) is 0 Å². The van der Waals surface area contributed by atoms with Crippen molar-refractivity contribution in [1.29, 1.82) is 0 Å². The molecule has 2 aliphatic rings. The molecule has 2 fully saturated rings. The van der Waals surface area contributed by atoms with E-state index < -0.39 is 0 Å². The maximum Gasteiger partial charge on any atom is 0.194 e. The quantitative estimate of drug-likeness (QED) is 0.253. The summed E-state index contributed by atoms with van der Waals surface area (Å²) >= 11 is 3.45. The molecule has 2 unspecified atom stereocenters. The van der Waals surface area contributed by atoms with Crippen molar-refractivity contribution < 1.29 is 14.2 Å². The van der Waals surface area contributed by atoms with Crippen molar-refractivity contribution in [3.05, 3.63) is 28.7 Å². The number of hydrogen-bond acceptors (Lipinski definition) is 4. The number of halogens is 2. The molecular weight excluding hydrogens is 525 g/mol. The molecule has 2 aliphatic heterocycles. The van der Waals surface area contributed by atoms with Gasteiger partial charge < -0.3 is 24.4 Å². The van der Waals surface area contributed by atoms with Crippen LogP contribution in [0, 0.1) is 0 Å². The van der Waals surface area contributed by atoms with Gasteiger partial charge in [0.1, 0.15) is 18.5 Å². The van der Waals surface area contributed by atoms with Crippen LogP contribution in [0.5, 0.6) is 5.75 Å². The smallest absolute Gasteiger partial charge is 0.194 e. The average molecular weight is 554 g/mol. The average Bonchev–Trinajstić information content (AvgIpc) is 3.19. The zero-order valence-corrected chi connectivity index (χ0v) is 19.6.